The van der Waals surface area contributed by atoms with E-state index in [-0.39, 0.29) is 23.8 Å². The lowest BCUT2D eigenvalue weighted by Gasteiger charge is -2.30. The van der Waals surface area contributed by atoms with Crippen molar-refractivity contribution in [3.05, 3.63) is 62.2 Å². The number of nitrogens with two attached hydrogens (primary N) is 1. The number of hydrogen-bond donors (Lipinski definition) is 1. The van der Waals surface area contributed by atoms with Crippen molar-refractivity contribution < 1.29 is 18.3 Å². The van der Waals surface area contributed by atoms with Gasteiger partial charge in [-0.15, -0.1) is 0 Å². The summed E-state index contributed by atoms with van der Waals surface area (Å²) < 4.78 is 35.1. The Morgan fingerprint density at radius 2 is 1.93 bits per heavy atom. The molecule has 7 heteroatoms. The van der Waals surface area contributed by atoms with Gasteiger partial charge in [-0.25, -0.2) is 8.78 Å². The molecule has 0 saturated carbocycles. The first-order valence-corrected chi connectivity index (χ1v) is 9.82. The summed E-state index contributed by atoms with van der Waals surface area (Å²) in [5.74, 6) is -1.51. The fourth-order valence-corrected chi connectivity index (χ4v) is 3.75. The molecule has 4 nitrogen and oxygen atoms in total. The minimum atomic E-state index is -0.709. The van der Waals surface area contributed by atoms with Gasteiger partial charge in [0.25, 0.3) is 5.91 Å². The van der Waals surface area contributed by atoms with Crippen LogP contribution in [0.25, 0.3) is 0 Å². The summed E-state index contributed by atoms with van der Waals surface area (Å²) in [4.78, 5) is 14.3. The normalized spacial score (nSPS) is 15.7. The molecule has 3 rings (SSSR count). The molecule has 144 valence electrons. The van der Waals surface area contributed by atoms with Crippen molar-refractivity contribution in [1.29, 1.82) is 0 Å². The molecular weight excluding hydrogens is 465 g/mol. The summed E-state index contributed by atoms with van der Waals surface area (Å²) in [5.41, 5.74) is 6.38. The van der Waals surface area contributed by atoms with Crippen LogP contribution in [0, 0.1) is 15.2 Å². The lowest BCUT2D eigenvalue weighted by molar-refractivity contribution is 0.0968. The summed E-state index contributed by atoms with van der Waals surface area (Å²) in [6.07, 6.45) is 1.52. The van der Waals surface area contributed by atoms with E-state index in [2.05, 4.69) is 4.90 Å². The lowest BCUT2D eigenvalue weighted by atomic mass is 9.97. The Morgan fingerprint density at radius 1 is 1.22 bits per heavy atom. The molecular formula is C20H21F2IN2O2. The van der Waals surface area contributed by atoms with Gasteiger partial charge < -0.3 is 15.4 Å². The summed E-state index contributed by atoms with van der Waals surface area (Å²) >= 11 is 2.02. The first-order valence-electron chi connectivity index (χ1n) is 8.75. The Bertz CT molecular complexity index is 852. The smallest absolute Gasteiger partial charge is 0.252 e. The first kappa shape index (κ1) is 20.0. The number of piperidine rings is 1. The Labute approximate surface area is 170 Å². The van der Waals surface area contributed by atoms with Crippen molar-refractivity contribution in [1.82, 2.24) is 4.90 Å². The molecule has 0 atom stereocenters. The van der Waals surface area contributed by atoms with Gasteiger partial charge in [-0.3, -0.25) is 4.79 Å². The van der Waals surface area contributed by atoms with E-state index >= 15 is 0 Å². The van der Waals surface area contributed by atoms with Crippen molar-refractivity contribution >= 4 is 28.5 Å². The van der Waals surface area contributed by atoms with E-state index in [0.29, 0.717) is 11.1 Å². The summed E-state index contributed by atoms with van der Waals surface area (Å²) in [6.45, 7) is 1.74. The SMILES string of the molecule is CN1CCC(Oc2cc(F)cc(Cc3ccc(I)cc3F)c2C(N)=O)CC1. The molecule has 1 aliphatic rings. The quantitative estimate of drug-likeness (QED) is 0.656. The average molecular weight is 486 g/mol. The predicted octanol–water partition coefficient (Wildman–Crippen LogP) is 3.73. The molecule has 1 amide bonds. The van der Waals surface area contributed by atoms with Gasteiger partial charge in [-0.1, -0.05) is 6.07 Å². The Kier molecular flexibility index (Phi) is 6.31. The average Bonchev–Trinajstić information content (AvgIpc) is 2.59. The van der Waals surface area contributed by atoms with Crippen molar-refractivity contribution in [2.24, 2.45) is 5.73 Å². The van der Waals surface area contributed by atoms with Gasteiger partial charge >= 0.3 is 0 Å². The third-order valence-electron chi connectivity index (χ3n) is 4.75. The molecule has 0 bridgehead atoms. The van der Waals surface area contributed by atoms with Crippen molar-refractivity contribution in [2.45, 2.75) is 25.4 Å². The van der Waals surface area contributed by atoms with Gasteiger partial charge in [0.15, 0.2) is 0 Å². The van der Waals surface area contributed by atoms with Crippen molar-refractivity contribution in [2.75, 3.05) is 20.1 Å². The number of benzene rings is 2. The van der Waals surface area contributed by atoms with Crippen LogP contribution in [0.5, 0.6) is 5.75 Å². The maximum absolute atomic E-state index is 14.2. The summed E-state index contributed by atoms with van der Waals surface area (Å²) in [7, 11) is 2.03. The minimum absolute atomic E-state index is 0.0581. The number of carbonyl (C=O) groups excluding carboxylic acids is 1. The van der Waals surface area contributed by atoms with E-state index in [1.807, 2.05) is 29.6 Å². The number of ether oxygens (including phenoxy) is 1. The second kappa shape index (κ2) is 8.52. The number of primary amides is 1. The summed E-state index contributed by atoms with van der Waals surface area (Å²) in [5, 5.41) is 0. The van der Waals surface area contributed by atoms with E-state index < -0.39 is 17.5 Å². The molecule has 1 saturated heterocycles. The third kappa shape index (κ3) is 4.95. The van der Waals surface area contributed by atoms with Crippen LogP contribution in [-0.4, -0.2) is 37.0 Å². The van der Waals surface area contributed by atoms with E-state index in [9.17, 15) is 13.6 Å². The molecule has 27 heavy (non-hydrogen) atoms. The first-order chi connectivity index (χ1) is 12.8. The largest absolute Gasteiger partial charge is 0.489 e. The van der Waals surface area contributed by atoms with Gasteiger partial charge in [-0.05, 0) is 71.8 Å². The molecule has 1 heterocycles. The maximum Gasteiger partial charge on any atom is 0.252 e. The molecule has 1 fully saturated rings. The van der Waals surface area contributed by atoms with Gasteiger partial charge in [0.1, 0.15) is 23.5 Å². The van der Waals surface area contributed by atoms with E-state index in [4.69, 9.17) is 10.5 Å². The number of rotatable bonds is 5. The third-order valence-corrected chi connectivity index (χ3v) is 5.42. The molecule has 2 N–H and O–H groups in total. The molecule has 1 aliphatic heterocycles. The zero-order valence-corrected chi connectivity index (χ0v) is 17.1. The van der Waals surface area contributed by atoms with Crippen LogP contribution in [-0.2, 0) is 6.42 Å². The van der Waals surface area contributed by atoms with Gasteiger partial charge in [0.2, 0.25) is 0 Å². The summed E-state index contributed by atoms with van der Waals surface area (Å²) in [6, 6.07) is 7.20. The van der Waals surface area contributed by atoms with Crippen LogP contribution in [0.4, 0.5) is 8.78 Å². The van der Waals surface area contributed by atoms with Crippen molar-refractivity contribution in [3.8, 4) is 5.75 Å². The van der Waals surface area contributed by atoms with Gasteiger partial charge in [0, 0.05) is 29.1 Å². The molecule has 0 aliphatic carbocycles. The van der Waals surface area contributed by atoms with Crippen molar-refractivity contribution in [3.63, 3.8) is 0 Å². The zero-order chi connectivity index (χ0) is 19.6. The molecule has 0 unspecified atom stereocenters. The number of amides is 1. The van der Waals surface area contributed by atoms with Crippen LogP contribution >= 0.6 is 22.6 Å². The number of hydrogen-bond acceptors (Lipinski definition) is 3. The fourth-order valence-electron chi connectivity index (χ4n) is 3.30. The number of likely N-dealkylation sites (tertiary alicyclic amines) is 1. The van der Waals surface area contributed by atoms with E-state index in [0.717, 1.165) is 29.5 Å². The Hall–Kier alpha value is -1.74. The van der Waals surface area contributed by atoms with Gasteiger partial charge in [0.05, 0.1) is 5.56 Å². The topological polar surface area (TPSA) is 55.6 Å². The number of carbonyl (C=O) groups is 1. The highest BCUT2D eigenvalue weighted by atomic mass is 127. The van der Waals surface area contributed by atoms with Crippen LogP contribution in [0.2, 0.25) is 0 Å². The molecule has 0 radical (unpaired) electrons. The number of nitrogens with zero attached hydrogens (tertiary/aromatic N) is 1. The molecule has 2 aromatic carbocycles. The standard InChI is InChI=1S/C20H21F2IN2O2/c1-25-6-4-16(5-7-25)27-18-10-14(21)9-13(19(18)20(24)26)8-12-2-3-15(23)11-17(12)22/h2-3,9-11,16H,4-8H2,1H3,(H2,24,26). The minimum Gasteiger partial charge on any atom is -0.489 e. The highest BCUT2D eigenvalue weighted by Crippen LogP contribution is 2.29. The van der Waals surface area contributed by atoms with Crippen LogP contribution in [0.3, 0.4) is 0 Å². The second-order valence-corrected chi connectivity index (χ2v) is 8.08. The van der Waals surface area contributed by atoms with E-state index in [1.54, 1.807) is 12.1 Å². The van der Waals surface area contributed by atoms with Crippen LogP contribution in [0.1, 0.15) is 34.3 Å². The predicted molar refractivity (Wildman–Crippen MR) is 108 cm³/mol. The number of halogens is 3. The zero-order valence-electron chi connectivity index (χ0n) is 15.0. The van der Waals surface area contributed by atoms with Gasteiger partial charge in [-0.2, -0.15) is 0 Å². The Balaban J connectivity index is 1.93. The molecule has 2 aromatic rings. The Morgan fingerprint density at radius 3 is 2.56 bits per heavy atom. The second-order valence-electron chi connectivity index (χ2n) is 6.84. The van der Waals surface area contributed by atoms with E-state index in [1.165, 1.54) is 18.2 Å². The monoisotopic (exact) mass is 486 g/mol. The highest BCUT2D eigenvalue weighted by molar-refractivity contribution is 14.1. The maximum atomic E-state index is 14.2. The molecule has 0 aromatic heterocycles. The molecule has 0 spiro atoms. The highest BCUT2D eigenvalue weighted by Gasteiger charge is 2.23. The van der Waals surface area contributed by atoms with Crippen LogP contribution in [0.15, 0.2) is 30.3 Å². The lowest BCUT2D eigenvalue weighted by Crippen LogP contribution is -2.36. The van der Waals surface area contributed by atoms with Crippen LogP contribution < -0.4 is 10.5 Å². The fraction of sp³-hybridized carbons (Fsp3) is 0.350.